The minimum atomic E-state index is -3.28. The molecule has 27 heavy (non-hydrogen) atoms. The summed E-state index contributed by atoms with van der Waals surface area (Å²) in [6.45, 7) is 4.30. The first-order chi connectivity index (χ1) is 12.9. The Bertz CT molecular complexity index is 921. The number of fused-ring (bicyclic) bond motifs is 1. The van der Waals surface area contributed by atoms with Gasteiger partial charge in [0.25, 0.3) is 5.91 Å². The van der Waals surface area contributed by atoms with Crippen molar-refractivity contribution in [1.29, 1.82) is 0 Å². The lowest BCUT2D eigenvalue weighted by molar-refractivity contribution is 0.102. The van der Waals surface area contributed by atoms with Crippen LogP contribution in [0, 0.1) is 0 Å². The minimum Gasteiger partial charge on any atom is -0.322 e. The summed E-state index contributed by atoms with van der Waals surface area (Å²) in [5.41, 5.74) is 4.20. The van der Waals surface area contributed by atoms with E-state index in [1.54, 1.807) is 19.1 Å². The summed E-state index contributed by atoms with van der Waals surface area (Å²) in [4.78, 5) is 12.5. The Hall–Kier alpha value is -2.34. The lowest BCUT2D eigenvalue weighted by atomic mass is 10.0. The maximum atomic E-state index is 12.5. The number of aryl methyl sites for hydroxylation is 2. The Morgan fingerprint density at radius 2 is 1.85 bits per heavy atom. The number of amides is 1. The van der Waals surface area contributed by atoms with E-state index in [2.05, 4.69) is 12.2 Å². The van der Waals surface area contributed by atoms with Crippen molar-refractivity contribution in [3.8, 4) is 0 Å². The second kappa shape index (κ2) is 8.13. The number of carbonyl (C=O) groups excluding carboxylic acids is 1. The summed E-state index contributed by atoms with van der Waals surface area (Å²) in [6.07, 6.45) is 3.67. The Morgan fingerprint density at radius 1 is 1.11 bits per heavy atom. The molecule has 2 aromatic rings. The van der Waals surface area contributed by atoms with Crippen LogP contribution in [0.25, 0.3) is 0 Å². The van der Waals surface area contributed by atoms with Gasteiger partial charge in [-0.25, -0.2) is 8.42 Å². The van der Waals surface area contributed by atoms with Crippen molar-refractivity contribution in [3.05, 3.63) is 59.2 Å². The lowest BCUT2D eigenvalue weighted by Crippen LogP contribution is -2.36. The van der Waals surface area contributed by atoms with Gasteiger partial charge >= 0.3 is 0 Å². The predicted molar refractivity (Wildman–Crippen MR) is 110 cm³/mol. The highest BCUT2D eigenvalue weighted by Gasteiger charge is 2.26. The molecular formula is C21H26N2O3S. The van der Waals surface area contributed by atoms with Crippen molar-refractivity contribution in [1.82, 2.24) is 0 Å². The second-order valence-corrected chi connectivity index (χ2v) is 9.00. The number of rotatable bonds is 6. The minimum absolute atomic E-state index is 0.0823. The molecule has 0 saturated carbocycles. The van der Waals surface area contributed by atoms with E-state index in [-0.39, 0.29) is 11.7 Å². The van der Waals surface area contributed by atoms with Crippen molar-refractivity contribution in [2.24, 2.45) is 0 Å². The molecule has 0 radical (unpaired) electrons. The number of hydrogen-bond acceptors (Lipinski definition) is 3. The van der Waals surface area contributed by atoms with E-state index in [9.17, 15) is 13.2 Å². The molecule has 0 spiro atoms. The van der Waals surface area contributed by atoms with E-state index in [1.165, 1.54) is 9.87 Å². The van der Waals surface area contributed by atoms with Gasteiger partial charge in [0, 0.05) is 17.8 Å². The van der Waals surface area contributed by atoms with Crippen LogP contribution in [0.15, 0.2) is 42.5 Å². The van der Waals surface area contributed by atoms with Crippen LogP contribution in [0.2, 0.25) is 0 Å². The second-order valence-electron chi connectivity index (χ2n) is 6.82. The van der Waals surface area contributed by atoms with Crippen molar-refractivity contribution in [3.63, 3.8) is 0 Å². The highest BCUT2D eigenvalue weighted by Crippen LogP contribution is 2.31. The van der Waals surface area contributed by atoms with Crippen LogP contribution in [-0.2, 0) is 22.9 Å². The summed E-state index contributed by atoms with van der Waals surface area (Å²) in [7, 11) is -3.28. The van der Waals surface area contributed by atoms with Gasteiger partial charge in [0.1, 0.15) is 0 Å². The maximum Gasteiger partial charge on any atom is 0.255 e. The van der Waals surface area contributed by atoms with Gasteiger partial charge in [0.05, 0.1) is 11.4 Å². The van der Waals surface area contributed by atoms with Gasteiger partial charge in [0.15, 0.2) is 0 Å². The molecule has 3 rings (SSSR count). The molecule has 0 saturated heterocycles. The van der Waals surface area contributed by atoms with Crippen LogP contribution in [0.4, 0.5) is 11.4 Å². The van der Waals surface area contributed by atoms with E-state index in [1.807, 2.05) is 30.3 Å². The van der Waals surface area contributed by atoms with Gasteiger partial charge < -0.3 is 5.32 Å². The molecule has 1 heterocycles. The van der Waals surface area contributed by atoms with E-state index in [4.69, 9.17) is 0 Å². The van der Waals surface area contributed by atoms with Gasteiger partial charge in [-0.1, -0.05) is 25.5 Å². The fraction of sp³-hybridized carbons (Fsp3) is 0.381. The first kappa shape index (κ1) is 19.4. The van der Waals surface area contributed by atoms with Gasteiger partial charge in [-0.3, -0.25) is 9.10 Å². The van der Waals surface area contributed by atoms with Crippen LogP contribution in [0.5, 0.6) is 0 Å². The first-order valence-corrected chi connectivity index (χ1v) is 11.1. The molecule has 5 nitrogen and oxygen atoms in total. The van der Waals surface area contributed by atoms with E-state index in [0.717, 1.165) is 36.9 Å². The molecule has 2 aromatic carbocycles. The molecule has 0 aromatic heterocycles. The van der Waals surface area contributed by atoms with E-state index < -0.39 is 10.0 Å². The lowest BCUT2D eigenvalue weighted by Gasteiger charge is -2.30. The molecule has 0 unspecified atom stereocenters. The molecule has 1 aliphatic rings. The van der Waals surface area contributed by atoms with Crippen LogP contribution in [-0.4, -0.2) is 26.6 Å². The third-order valence-electron chi connectivity index (χ3n) is 4.87. The zero-order valence-corrected chi connectivity index (χ0v) is 16.7. The molecule has 0 atom stereocenters. The highest BCUT2D eigenvalue weighted by molar-refractivity contribution is 7.92. The molecule has 1 aliphatic heterocycles. The van der Waals surface area contributed by atoms with Crippen molar-refractivity contribution in [2.75, 3.05) is 21.9 Å². The predicted octanol–water partition coefficient (Wildman–Crippen LogP) is 3.99. The Balaban J connectivity index is 1.78. The fourth-order valence-corrected chi connectivity index (χ4v) is 4.60. The zero-order valence-electron chi connectivity index (χ0n) is 15.9. The van der Waals surface area contributed by atoms with Gasteiger partial charge in [-0.2, -0.15) is 0 Å². The van der Waals surface area contributed by atoms with Crippen molar-refractivity contribution in [2.45, 2.75) is 39.5 Å². The number of hydrogen-bond donors (Lipinski definition) is 1. The number of nitrogens with zero attached hydrogens (tertiary/aromatic N) is 1. The Kier molecular flexibility index (Phi) is 5.85. The van der Waals surface area contributed by atoms with Crippen LogP contribution in [0.3, 0.4) is 0 Å². The Labute approximate surface area is 161 Å². The van der Waals surface area contributed by atoms with Crippen LogP contribution in [0.1, 0.15) is 48.2 Å². The number of benzene rings is 2. The molecule has 0 aliphatic carbocycles. The van der Waals surface area contributed by atoms with Gasteiger partial charge in [-0.15, -0.1) is 0 Å². The van der Waals surface area contributed by atoms with Crippen molar-refractivity contribution < 1.29 is 13.2 Å². The maximum absolute atomic E-state index is 12.5. The monoisotopic (exact) mass is 386 g/mol. The summed E-state index contributed by atoms with van der Waals surface area (Å²) in [6, 6.07) is 13.1. The summed E-state index contributed by atoms with van der Waals surface area (Å²) in [5, 5.41) is 2.92. The number of anilines is 2. The van der Waals surface area contributed by atoms with Gasteiger partial charge in [0.2, 0.25) is 10.0 Å². The standard InChI is InChI=1S/C21H26N2O3S/c1-3-6-16-8-10-17(11-9-16)21(24)22-19-12-13-20-18(15-19)7-5-14-23(20)27(25,26)4-2/h8-13,15H,3-7,14H2,1-2H3,(H,22,24). The third kappa shape index (κ3) is 4.33. The zero-order chi connectivity index (χ0) is 19.4. The summed E-state index contributed by atoms with van der Waals surface area (Å²) < 4.78 is 26.1. The van der Waals surface area contributed by atoms with Gasteiger partial charge in [-0.05, 0) is 67.6 Å². The average molecular weight is 387 g/mol. The largest absolute Gasteiger partial charge is 0.322 e. The molecule has 1 N–H and O–H groups in total. The smallest absolute Gasteiger partial charge is 0.255 e. The van der Waals surface area contributed by atoms with E-state index >= 15 is 0 Å². The van der Waals surface area contributed by atoms with Crippen LogP contribution < -0.4 is 9.62 Å². The fourth-order valence-electron chi connectivity index (χ4n) is 3.40. The number of sulfonamides is 1. The van der Waals surface area contributed by atoms with E-state index in [0.29, 0.717) is 17.8 Å². The molecule has 0 fully saturated rings. The number of nitrogens with one attached hydrogen (secondary N) is 1. The topological polar surface area (TPSA) is 66.5 Å². The molecule has 6 heteroatoms. The normalized spacial score (nSPS) is 13.9. The molecule has 0 bridgehead atoms. The number of carbonyl (C=O) groups is 1. The molecule has 1 amide bonds. The summed E-state index contributed by atoms with van der Waals surface area (Å²) in [5.74, 6) is -0.0780. The highest BCUT2D eigenvalue weighted by atomic mass is 32.2. The Morgan fingerprint density at radius 3 is 2.52 bits per heavy atom. The summed E-state index contributed by atoms with van der Waals surface area (Å²) >= 11 is 0. The quantitative estimate of drug-likeness (QED) is 0.816. The molecular weight excluding hydrogens is 360 g/mol. The molecule has 144 valence electrons. The third-order valence-corrected chi connectivity index (χ3v) is 6.65. The van der Waals surface area contributed by atoms with Crippen molar-refractivity contribution >= 4 is 27.3 Å². The first-order valence-electron chi connectivity index (χ1n) is 9.48. The van der Waals surface area contributed by atoms with Crippen LogP contribution >= 0.6 is 0 Å². The average Bonchev–Trinajstić information content (AvgIpc) is 2.68. The SMILES string of the molecule is CCCc1ccc(C(=O)Nc2ccc3c(c2)CCCN3S(=O)(=O)CC)cc1.